The summed E-state index contributed by atoms with van der Waals surface area (Å²) in [6.07, 6.45) is 9.41. The van der Waals surface area contributed by atoms with Crippen LogP contribution in [-0.4, -0.2) is 18.3 Å². The number of carbonyl (C=O) groups excluding carboxylic acids is 1. The molecule has 0 aromatic carbocycles. The number of nitrogens with one attached hydrogen (secondary N) is 1. The molecule has 0 aromatic rings. The summed E-state index contributed by atoms with van der Waals surface area (Å²) in [4.78, 5) is 11.2. The SMILES string of the molecule is O=C(CCCCl)NCCCC1CCCC1. The molecule has 2 nitrogen and oxygen atoms in total. The molecule has 1 amide bonds. The van der Waals surface area contributed by atoms with Gasteiger partial charge in [-0.1, -0.05) is 25.7 Å². The molecule has 3 heteroatoms. The third-order valence-corrected chi connectivity index (χ3v) is 3.39. The lowest BCUT2D eigenvalue weighted by molar-refractivity contribution is -0.121. The predicted molar refractivity (Wildman–Crippen MR) is 64.2 cm³/mol. The van der Waals surface area contributed by atoms with Crippen LogP contribution >= 0.6 is 11.6 Å². The summed E-state index contributed by atoms with van der Waals surface area (Å²) in [5.41, 5.74) is 0. The van der Waals surface area contributed by atoms with Crippen LogP contribution in [0.15, 0.2) is 0 Å². The van der Waals surface area contributed by atoms with Crippen molar-refractivity contribution in [2.75, 3.05) is 12.4 Å². The van der Waals surface area contributed by atoms with Gasteiger partial charge in [0.1, 0.15) is 0 Å². The predicted octanol–water partition coefficient (Wildman–Crippen LogP) is 3.09. The molecule has 0 aromatic heterocycles. The van der Waals surface area contributed by atoms with Gasteiger partial charge in [0.2, 0.25) is 5.91 Å². The summed E-state index contributed by atoms with van der Waals surface area (Å²) >= 11 is 5.51. The van der Waals surface area contributed by atoms with E-state index in [4.69, 9.17) is 11.6 Å². The van der Waals surface area contributed by atoms with Crippen molar-refractivity contribution < 1.29 is 4.79 Å². The molecule has 0 atom stereocenters. The number of rotatable bonds is 7. The van der Waals surface area contributed by atoms with Crippen LogP contribution in [0.25, 0.3) is 0 Å². The summed E-state index contributed by atoms with van der Waals surface area (Å²) in [6, 6.07) is 0. The minimum atomic E-state index is 0.155. The summed E-state index contributed by atoms with van der Waals surface area (Å²) in [6.45, 7) is 0.845. The maximum atomic E-state index is 11.2. The quantitative estimate of drug-likeness (QED) is 0.530. The third-order valence-electron chi connectivity index (χ3n) is 3.12. The monoisotopic (exact) mass is 231 g/mol. The molecule has 15 heavy (non-hydrogen) atoms. The number of carbonyl (C=O) groups is 1. The van der Waals surface area contributed by atoms with E-state index in [0.717, 1.165) is 25.3 Å². The van der Waals surface area contributed by atoms with Gasteiger partial charge in [-0.15, -0.1) is 11.6 Å². The lowest BCUT2D eigenvalue weighted by Gasteiger charge is -2.09. The van der Waals surface area contributed by atoms with Crippen molar-refractivity contribution in [1.29, 1.82) is 0 Å². The highest BCUT2D eigenvalue weighted by atomic mass is 35.5. The molecule has 1 fully saturated rings. The van der Waals surface area contributed by atoms with Crippen LogP contribution in [0.3, 0.4) is 0 Å². The standard InChI is InChI=1S/C12H22ClNO/c13-9-3-8-12(15)14-10-4-7-11-5-1-2-6-11/h11H,1-10H2,(H,14,15). The van der Waals surface area contributed by atoms with Crippen LogP contribution in [0.4, 0.5) is 0 Å². The molecule has 0 aliphatic heterocycles. The van der Waals surface area contributed by atoms with E-state index in [1.54, 1.807) is 0 Å². The Hall–Kier alpha value is -0.240. The molecule has 1 saturated carbocycles. The fraction of sp³-hybridized carbons (Fsp3) is 0.917. The van der Waals surface area contributed by atoms with Gasteiger partial charge in [0, 0.05) is 18.8 Å². The molecule has 0 saturated heterocycles. The van der Waals surface area contributed by atoms with Gasteiger partial charge in [-0.2, -0.15) is 0 Å². The van der Waals surface area contributed by atoms with E-state index in [0.29, 0.717) is 12.3 Å². The van der Waals surface area contributed by atoms with Gasteiger partial charge >= 0.3 is 0 Å². The Morgan fingerprint density at radius 1 is 1.27 bits per heavy atom. The van der Waals surface area contributed by atoms with Crippen molar-refractivity contribution in [3.63, 3.8) is 0 Å². The summed E-state index contributed by atoms with van der Waals surface area (Å²) in [5, 5.41) is 2.94. The second-order valence-corrected chi connectivity index (χ2v) is 4.81. The Kier molecular flexibility index (Phi) is 6.82. The normalized spacial score (nSPS) is 16.9. The van der Waals surface area contributed by atoms with Gasteiger partial charge in [-0.05, 0) is 25.2 Å². The minimum Gasteiger partial charge on any atom is -0.356 e. The van der Waals surface area contributed by atoms with Gasteiger partial charge in [0.25, 0.3) is 0 Å². The fourth-order valence-electron chi connectivity index (χ4n) is 2.23. The zero-order valence-corrected chi connectivity index (χ0v) is 10.2. The van der Waals surface area contributed by atoms with Crippen molar-refractivity contribution in [2.45, 2.75) is 51.4 Å². The molecular weight excluding hydrogens is 210 g/mol. The van der Waals surface area contributed by atoms with E-state index in [1.165, 1.54) is 32.1 Å². The highest BCUT2D eigenvalue weighted by Crippen LogP contribution is 2.28. The topological polar surface area (TPSA) is 29.1 Å². The first-order chi connectivity index (χ1) is 7.33. The lowest BCUT2D eigenvalue weighted by atomic mass is 10.0. The maximum Gasteiger partial charge on any atom is 0.220 e. The van der Waals surface area contributed by atoms with Crippen molar-refractivity contribution in [1.82, 2.24) is 5.32 Å². The van der Waals surface area contributed by atoms with Crippen molar-refractivity contribution >= 4 is 17.5 Å². The van der Waals surface area contributed by atoms with E-state index in [1.807, 2.05) is 0 Å². The number of amides is 1. The third kappa shape index (κ3) is 6.03. The van der Waals surface area contributed by atoms with Crippen LogP contribution in [0.1, 0.15) is 51.4 Å². The van der Waals surface area contributed by atoms with Crippen LogP contribution in [-0.2, 0) is 4.79 Å². The number of hydrogen-bond donors (Lipinski definition) is 1. The molecule has 1 N–H and O–H groups in total. The van der Waals surface area contributed by atoms with Gasteiger partial charge in [0.15, 0.2) is 0 Å². The largest absolute Gasteiger partial charge is 0.356 e. The molecule has 1 aliphatic carbocycles. The molecule has 1 rings (SSSR count). The van der Waals surface area contributed by atoms with Crippen LogP contribution in [0, 0.1) is 5.92 Å². The van der Waals surface area contributed by atoms with E-state index in [2.05, 4.69) is 5.32 Å². The maximum absolute atomic E-state index is 11.2. The number of alkyl halides is 1. The molecule has 0 unspecified atom stereocenters. The van der Waals surface area contributed by atoms with E-state index < -0.39 is 0 Å². The molecular formula is C12H22ClNO. The number of hydrogen-bond acceptors (Lipinski definition) is 1. The first-order valence-electron chi connectivity index (χ1n) is 6.15. The van der Waals surface area contributed by atoms with E-state index >= 15 is 0 Å². The Labute approximate surface area is 97.8 Å². The Bertz CT molecular complexity index is 178. The second kappa shape index (κ2) is 7.98. The number of halogens is 1. The first-order valence-corrected chi connectivity index (χ1v) is 6.69. The summed E-state index contributed by atoms with van der Waals surface area (Å²) in [7, 11) is 0. The van der Waals surface area contributed by atoms with Gasteiger partial charge in [-0.25, -0.2) is 0 Å². The summed E-state index contributed by atoms with van der Waals surface area (Å²) in [5.74, 6) is 1.67. The highest BCUT2D eigenvalue weighted by Gasteiger charge is 2.13. The first kappa shape index (κ1) is 12.8. The Balaban J connectivity index is 1.89. The fourth-order valence-corrected chi connectivity index (χ4v) is 2.37. The average molecular weight is 232 g/mol. The van der Waals surface area contributed by atoms with Gasteiger partial charge in [-0.3, -0.25) is 4.79 Å². The lowest BCUT2D eigenvalue weighted by Crippen LogP contribution is -2.24. The highest BCUT2D eigenvalue weighted by molar-refractivity contribution is 6.17. The van der Waals surface area contributed by atoms with Crippen LogP contribution in [0.5, 0.6) is 0 Å². The van der Waals surface area contributed by atoms with Gasteiger partial charge in [0.05, 0.1) is 0 Å². The molecule has 0 spiro atoms. The molecule has 0 heterocycles. The van der Waals surface area contributed by atoms with E-state index in [9.17, 15) is 4.79 Å². The Morgan fingerprint density at radius 2 is 2.00 bits per heavy atom. The van der Waals surface area contributed by atoms with Gasteiger partial charge < -0.3 is 5.32 Å². The van der Waals surface area contributed by atoms with Crippen LogP contribution < -0.4 is 5.32 Å². The van der Waals surface area contributed by atoms with Crippen LogP contribution in [0.2, 0.25) is 0 Å². The Morgan fingerprint density at radius 3 is 2.67 bits per heavy atom. The van der Waals surface area contributed by atoms with Crippen molar-refractivity contribution in [2.24, 2.45) is 5.92 Å². The molecule has 1 aliphatic rings. The second-order valence-electron chi connectivity index (χ2n) is 4.44. The summed E-state index contributed by atoms with van der Waals surface area (Å²) < 4.78 is 0. The smallest absolute Gasteiger partial charge is 0.220 e. The molecule has 88 valence electrons. The van der Waals surface area contributed by atoms with E-state index in [-0.39, 0.29) is 5.91 Å². The zero-order chi connectivity index (χ0) is 10.9. The minimum absolute atomic E-state index is 0.155. The molecule has 0 radical (unpaired) electrons. The average Bonchev–Trinajstić information content (AvgIpc) is 2.74. The van der Waals surface area contributed by atoms with Crippen molar-refractivity contribution in [3.05, 3.63) is 0 Å². The van der Waals surface area contributed by atoms with Crippen molar-refractivity contribution in [3.8, 4) is 0 Å². The molecule has 0 bridgehead atoms. The zero-order valence-electron chi connectivity index (χ0n) is 9.43.